The minimum atomic E-state index is -0.947. The summed E-state index contributed by atoms with van der Waals surface area (Å²) in [4.78, 5) is 24.0. The van der Waals surface area contributed by atoms with Gasteiger partial charge >= 0.3 is 5.97 Å². The normalized spacial score (nSPS) is 10.7. The molecule has 0 spiro atoms. The largest absolute Gasteiger partial charge is 0.481 e. The Labute approximate surface area is 106 Å². The fraction of sp³-hybridized carbons (Fsp3) is 0.583. The van der Waals surface area contributed by atoms with Crippen LogP contribution in [-0.4, -0.2) is 28.7 Å². The van der Waals surface area contributed by atoms with Gasteiger partial charge in [0.1, 0.15) is 5.76 Å². The molecule has 0 aliphatic rings. The first-order valence-corrected chi connectivity index (χ1v) is 5.85. The first-order valence-electron chi connectivity index (χ1n) is 5.85. The molecule has 0 fully saturated rings. The number of carbonyl (C=O) groups excluding carboxylic acids is 1. The van der Waals surface area contributed by atoms with Crippen molar-refractivity contribution in [1.82, 2.24) is 5.16 Å². The van der Waals surface area contributed by atoms with Crippen LogP contribution < -0.4 is 4.90 Å². The second-order valence-corrected chi connectivity index (χ2v) is 4.58. The number of aryl methyl sites for hydroxylation is 1. The lowest BCUT2D eigenvalue weighted by molar-refractivity contribution is -0.136. The summed E-state index contributed by atoms with van der Waals surface area (Å²) < 4.78 is 4.92. The molecule has 100 valence electrons. The van der Waals surface area contributed by atoms with Gasteiger partial charge in [-0.3, -0.25) is 14.5 Å². The quantitative estimate of drug-likeness (QED) is 0.837. The van der Waals surface area contributed by atoms with Crippen molar-refractivity contribution in [3.63, 3.8) is 0 Å². The maximum absolute atomic E-state index is 12.0. The van der Waals surface area contributed by atoms with Gasteiger partial charge < -0.3 is 9.63 Å². The summed E-state index contributed by atoms with van der Waals surface area (Å²) in [5.74, 6) is 0.0806. The zero-order valence-electron chi connectivity index (χ0n) is 10.8. The van der Waals surface area contributed by atoms with Gasteiger partial charge in [0, 0.05) is 19.0 Å². The molecule has 0 aromatic carbocycles. The van der Waals surface area contributed by atoms with Gasteiger partial charge in [0.2, 0.25) is 5.91 Å². The van der Waals surface area contributed by atoms with Crippen LogP contribution in [0.2, 0.25) is 0 Å². The van der Waals surface area contributed by atoms with E-state index < -0.39 is 5.97 Å². The number of aromatic nitrogens is 1. The molecule has 1 aromatic rings. The van der Waals surface area contributed by atoms with Crippen LogP contribution in [0.5, 0.6) is 0 Å². The molecule has 0 aliphatic heterocycles. The van der Waals surface area contributed by atoms with E-state index in [1.165, 1.54) is 4.90 Å². The van der Waals surface area contributed by atoms with Crippen molar-refractivity contribution in [2.75, 3.05) is 11.4 Å². The Bertz CT molecular complexity index is 425. The van der Waals surface area contributed by atoms with Gasteiger partial charge in [-0.05, 0) is 12.8 Å². The highest BCUT2D eigenvalue weighted by molar-refractivity contribution is 5.92. The lowest BCUT2D eigenvalue weighted by Crippen LogP contribution is -2.34. The minimum Gasteiger partial charge on any atom is -0.481 e. The Morgan fingerprint density at radius 3 is 2.61 bits per heavy atom. The SMILES string of the molecule is Cc1cc(N(CCC(=O)O)C(=O)CC(C)C)no1. The molecule has 6 heteroatoms. The third-order valence-electron chi connectivity index (χ3n) is 2.33. The Morgan fingerprint density at radius 2 is 2.17 bits per heavy atom. The van der Waals surface area contributed by atoms with Crippen LogP contribution in [0.3, 0.4) is 0 Å². The van der Waals surface area contributed by atoms with E-state index in [-0.39, 0.29) is 24.8 Å². The molecule has 1 aromatic heterocycles. The third-order valence-corrected chi connectivity index (χ3v) is 2.33. The molecule has 0 saturated heterocycles. The standard InChI is InChI=1S/C12H18N2O4/c1-8(2)6-11(15)14(5-4-12(16)17)10-7-9(3)18-13-10/h7-8H,4-6H2,1-3H3,(H,16,17). The predicted molar refractivity (Wildman–Crippen MR) is 65.3 cm³/mol. The van der Waals surface area contributed by atoms with Crippen LogP contribution in [0.15, 0.2) is 10.6 Å². The number of hydrogen-bond donors (Lipinski definition) is 1. The molecule has 6 nitrogen and oxygen atoms in total. The number of anilines is 1. The molecule has 1 rings (SSSR count). The molecule has 1 amide bonds. The van der Waals surface area contributed by atoms with Crippen molar-refractivity contribution in [2.24, 2.45) is 5.92 Å². The Hall–Kier alpha value is -1.85. The fourth-order valence-electron chi connectivity index (χ4n) is 1.51. The van der Waals surface area contributed by atoms with Crippen molar-refractivity contribution in [3.8, 4) is 0 Å². The van der Waals surface area contributed by atoms with E-state index in [0.29, 0.717) is 18.0 Å². The van der Waals surface area contributed by atoms with Crippen molar-refractivity contribution < 1.29 is 19.2 Å². The number of rotatable bonds is 6. The predicted octanol–water partition coefficient (Wildman–Crippen LogP) is 1.84. The topological polar surface area (TPSA) is 83.6 Å². The van der Waals surface area contributed by atoms with E-state index in [4.69, 9.17) is 9.63 Å². The van der Waals surface area contributed by atoms with Gasteiger partial charge in [-0.1, -0.05) is 19.0 Å². The van der Waals surface area contributed by atoms with E-state index in [1.54, 1.807) is 13.0 Å². The minimum absolute atomic E-state index is 0.104. The number of carboxylic acids is 1. The van der Waals surface area contributed by atoms with Crippen LogP contribution in [0.25, 0.3) is 0 Å². The van der Waals surface area contributed by atoms with Crippen molar-refractivity contribution in [2.45, 2.75) is 33.6 Å². The highest BCUT2D eigenvalue weighted by Gasteiger charge is 2.20. The fourth-order valence-corrected chi connectivity index (χ4v) is 1.51. The van der Waals surface area contributed by atoms with Gasteiger partial charge in [0.05, 0.1) is 6.42 Å². The summed E-state index contributed by atoms with van der Waals surface area (Å²) in [7, 11) is 0. The maximum atomic E-state index is 12.0. The number of carboxylic acid groups (broad SMARTS) is 1. The second-order valence-electron chi connectivity index (χ2n) is 4.58. The van der Waals surface area contributed by atoms with Gasteiger partial charge in [-0.25, -0.2) is 0 Å². The van der Waals surface area contributed by atoms with Gasteiger partial charge in [0.15, 0.2) is 5.82 Å². The van der Waals surface area contributed by atoms with E-state index in [2.05, 4.69) is 5.16 Å². The Balaban J connectivity index is 2.80. The zero-order valence-corrected chi connectivity index (χ0v) is 10.8. The second kappa shape index (κ2) is 6.18. The third kappa shape index (κ3) is 4.20. The van der Waals surface area contributed by atoms with Gasteiger partial charge in [-0.15, -0.1) is 0 Å². The molecular formula is C12H18N2O4. The molecule has 0 atom stereocenters. The molecule has 0 aliphatic carbocycles. The van der Waals surface area contributed by atoms with Crippen LogP contribution in [0, 0.1) is 12.8 Å². The van der Waals surface area contributed by atoms with Crippen LogP contribution >= 0.6 is 0 Å². The van der Waals surface area contributed by atoms with Crippen molar-refractivity contribution >= 4 is 17.7 Å². The number of carbonyl (C=O) groups is 2. The highest BCUT2D eigenvalue weighted by atomic mass is 16.5. The Kier molecular flexibility index (Phi) is 4.88. The number of amides is 1. The molecular weight excluding hydrogens is 236 g/mol. The molecule has 0 saturated carbocycles. The maximum Gasteiger partial charge on any atom is 0.305 e. The summed E-state index contributed by atoms with van der Waals surface area (Å²) in [5, 5.41) is 12.5. The molecule has 1 heterocycles. The van der Waals surface area contributed by atoms with Crippen LogP contribution in [0.4, 0.5) is 5.82 Å². The first-order chi connectivity index (χ1) is 8.40. The van der Waals surface area contributed by atoms with Gasteiger partial charge in [-0.2, -0.15) is 0 Å². The number of aliphatic carboxylic acids is 1. The van der Waals surface area contributed by atoms with E-state index >= 15 is 0 Å². The molecule has 0 radical (unpaired) electrons. The van der Waals surface area contributed by atoms with Crippen molar-refractivity contribution in [3.05, 3.63) is 11.8 Å². The average molecular weight is 254 g/mol. The summed E-state index contributed by atoms with van der Waals surface area (Å²) in [6, 6.07) is 1.63. The van der Waals surface area contributed by atoms with Crippen molar-refractivity contribution in [1.29, 1.82) is 0 Å². The smallest absolute Gasteiger partial charge is 0.305 e. The lowest BCUT2D eigenvalue weighted by atomic mass is 10.1. The van der Waals surface area contributed by atoms with Crippen LogP contribution in [0.1, 0.15) is 32.4 Å². The van der Waals surface area contributed by atoms with E-state index in [1.807, 2.05) is 13.8 Å². The monoisotopic (exact) mass is 254 g/mol. The Morgan fingerprint density at radius 1 is 1.50 bits per heavy atom. The molecule has 0 unspecified atom stereocenters. The number of hydrogen-bond acceptors (Lipinski definition) is 4. The van der Waals surface area contributed by atoms with Crippen LogP contribution in [-0.2, 0) is 9.59 Å². The highest BCUT2D eigenvalue weighted by Crippen LogP contribution is 2.17. The molecule has 18 heavy (non-hydrogen) atoms. The summed E-state index contributed by atoms with van der Waals surface area (Å²) in [6.07, 6.45) is 0.237. The summed E-state index contributed by atoms with van der Waals surface area (Å²) in [6.45, 7) is 5.69. The summed E-state index contributed by atoms with van der Waals surface area (Å²) in [5.41, 5.74) is 0. The molecule has 0 bridgehead atoms. The zero-order chi connectivity index (χ0) is 13.7. The van der Waals surface area contributed by atoms with Gasteiger partial charge in [0.25, 0.3) is 0 Å². The summed E-state index contributed by atoms with van der Waals surface area (Å²) >= 11 is 0. The number of nitrogens with zero attached hydrogens (tertiary/aromatic N) is 2. The average Bonchev–Trinajstić information content (AvgIpc) is 2.63. The van der Waals surface area contributed by atoms with E-state index in [0.717, 1.165) is 0 Å². The lowest BCUT2D eigenvalue weighted by Gasteiger charge is -2.19. The van der Waals surface area contributed by atoms with E-state index in [9.17, 15) is 9.59 Å². The molecule has 1 N–H and O–H groups in total. The first kappa shape index (κ1) is 14.2.